The van der Waals surface area contributed by atoms with E-state index in [0.717, 1.165) is 5.56 Å². The van der Waals surface area contributed by atoms with Gasteiger partial charge in [0.2, 0.25) is 12.7 Å². The third-order valence-electron chi connectivity index (χ3n) is 5.11. The predicted octanol–water partition coefficient (Wildman–Crippen LogP) is 3.11. The van der Waals surface area contributed by atoms with Crippen molar-refractivity contribution in [3.63, 3.8) is 0 Å². The van der Waals surface area contributed by atoms with Gasteiger partial charge in [-0.05, 0) is 29.8 Å². The van der Waals surface area contributed by atoms with Gasteiger partial charge < -0.3 is 24.3 Å². The molecule has 10 heteroatoms. The highest BCUT2D eigenvalue weighted by Crippen LogP contribution is 2.36. The molecule has 2 aliphatic heterocycles. The number of allylic oxidation sites excluding steroid dienone is 1. The van der Waals surface area contributed by atoms with E-state index in [2.05, 4.69) is 22.1 Å². The zero-order valence-corrected chi connectivity index (χ0v) is 18.5. The maximum atomic E-state index is 12.4. The van der Waals surface area contributed by atoms with Gasteiger partial charge in [0.1, 0.15) is 6.61 Å². The van der Waals surface area contributed by atoms with Gasteiger partial charge in [-0.15, -0.1) is 16.8 Å². The lowest BCUT2D eigenvalue weighted by molar-refractivity contribution is -0.118. The van der Waals surface area contributed by atoms with Gasteiger partial charge in [-0.3, -0.25) is 9.36 Å². The molecule has 3 heterocycles. The molecule has 170 valence electrons. The Bertz CT molecular complexity index is 1180. The number of amides is 1. The highest BCUT2D eigenvalue weighted by molar-refractivity contribution is 7.99. The first-order chi connectivity index (χ1) is 16.2. The molecule has 0 bridgehead atoms. The molecule has 9 nitrogen and oxygen atoms in total. The number of fused-ring (bicyclic) bond motifs is 2. The average molecular weight is 467 g/mol. The molecule has 5 rings (SSSR count). The summed E-state index contributed by atoms with van der Waals surface area (Å²) in [5.41, 5.74) is 0.935. The fourth-order valence-electron chi connectivity index (χ4n) is 3.53. The minimum absolute atomic E-state index is 0.112. The van der Waals surface area contributed by atoms with Crippen LogP contribution in [0.15, 0.2) is 60.3 Å². The van der Waals surface area contributed by atoms with Gasteiger partial charge in [0.25, 0.3) is 0 Å². The Kier molecular flexibility index (Phi) is 6.07. The van der Waals surface area contributed by atoms with Crippen molar-refractivity contribution >= 4 is 17.7 Å². The number of hydrogen-bond donors (Lipinski definition) is 1. The SMILES string of the molecule is C=CCn1c(SCC(=O)NCc2ccc3c(c2)OCO3)nnc1[C@@H]1COc2ccccc2O1. The molecule has 1 N–H and O–H groups in total. The van der Waals surface area contributed by atoms with Crippen LogP contribution in [0.4, 0.5) is 0 Å². The maximum Gasteiger partial charge on any atom is 0.231 e. The molecule has 0 fully saturated rings. The third kappa shape index (κ3) is 4.61. The normalized spacial score (nSPS) is 15.8. The van der Waals surface area contributed by atoms with Gasteiger partial charge in [0, 0.05) is 13.1 Å². The van der Waals surface area contributed by atoms with Crippen LogP contribution in [0.25, 0.3) is 0 Å². The van der Waals surface area contributed by atoms with Crippen LogP contribution in [-0.4, -0.2) is 39.8 Å². The van der Waals surface area contributed by atoms with E-state index in [9.17, 15) is 4.79 Å². The monoisotopic (exact) mass is 466 g/mol. The van der Waals surface area contributed by atoms with E-state index in [1.54, 1.807) is 6.08 Å². The molecule has 0 radical (unpaired) electrons. The number of carbonyl (C=O) groups is 1. The molecule has 0 unspecified atom stereocenters. The first-order valence-electron chi connectivity index (χ1n) is 10.4. The van der Waals surface area contributed by atoms with Gasteiger partial charge >= 0.3 is 0 Å². The number of rotatable bonds is 8. The summed E-state index contributed by atoms with van der Waals surface area (Å²) in [4.78, 5) is 12.4. The minimum atomic E-state index is -0.401. The summed E-state index contributed by atoms with van der Waals surface area (Å²) in [6, 6.07) is 13.1. The summed E-state index contributed by atoms with van der Waals surface area (Å²) >= 11 is 1.31. The molecular weight excluding hydrogens is 444 g/mol. The van der Waals surface area contributed by atoms with E-state index in [-0.39, 0.29) is 18.5 Å². The van der Waals surface area contributed by atoms with Crippen molar-refractivity contribution in [2.75, 3.05) is 19.2 Å². The van der Waals surface area contributed by atoms with E-state index >= 15 is 0 Å². The zero-order chi connectivity index (χ0) is 22.6. The van der Waals surface area contributed by atoms with Crippen molar-refractivity contribution in [3.05, 3.63) is 66.5 Å². The molecule has 1 amide bonds. The summed E-state index contributed by atoms with van der Waals surface area (Å²) in [5, 5.41) is 12.1. The van der Waals surface area contributed by atoms with Crippen molar-refractivity contribution in [3.8, 4) is 23.0 Å². The highest BCUT2D eigenvalue weighted by atomic mass is 32.2. The zero-order valence-electron chi connectivity index (χ0n) is 17.7. The van der Waals surface area contributed by atoms with Crippen LogP contribution in [0.1, 0.15) is 17.5 Å². The Balaban J connectivity index is 1.20. The van der Waals surface area contributed by atoms with E-state index < -0.39 is 6.10 Å². The molecule has 1 atom stereocenters. The number of thioether (sulfide) groups is 1. The Hall–Kier alpha value is -3.66. The Morgan fingerprint density at radius 1 is 1.12 bits per heavy atom. The molecular formula is C23H22N4O5S. The van der Waals surface area contributed by atoms with Gasteiger partial charge in [0.15, 0.2) is 40.1 Å². The number of benzene rings is 2. The molecule has 0 aliphatic carbocycles. The molecule has 0 saturated carbocycles. The van der Waals surface area contributed by atoms with Crippen molar-refractivity contribution in [2.24, 2.45) is 0 Å². The molecule has 0 spiro atoms. The fraction of sp³-hybridized carbons (Fsp3) is 0.261. The molecule has 2 aromatic carbocycles. The predicted molar refractivity (Wildman–Crippen MR) is 121 cm³/mol. The average Bonchev–Trinajstić information content (AvgIpc) is 3.48. The Morgan fingerprint density at radius 3 is 2.82 bits per heavy atom. The molecule has 1 aromatic heterocycles. The molecule has 2 aliphatic rings. The Morgan fingerprint density at radius 2 is 1.94 bits per heavy atom. The van der Waals surface area contributed by atoms with Crippen molar-refractivity contribution < 1.29 is 23.7 Å². The second-order valence-corrected chi connectivity index (χ2v) is 8.30. The first-order valence-corrected chi connectivity index (χ1v) is 11.4. The van der Waals surface area contributed by atoms with Crippen LogP contribution in [0, 0.1) is 0 Å². The topological polar surface area (TPSA) is 96.7 Å². The largest absolute Gasteiger partial charge is 0.485 e. The Labute approximate surface area is 194 Å². The highest BCUT2D eigenvalue weighted by Gasteiger charge is 2.28. The van der Waals surface area contributed by atoms with Crippen LogP contribution in [-0.2, 0) is 17.9 Å². The van der Waals surface area contributed by atoms with Crippen LogP contribution >= 0.6 is 11.8 Å². The van der Waals surface area contributed by atoms with Crippen LogP contribution in [0.3, 0.4) is 0 Å². The standard InChI is InChI=1S/C23H22N4O5S/c1-2-9-27-22(20-12-29-16-5-3-4-6-18(16)32-20)25-26-23(27)33-13-21(28)24-11-15-7-8-17-19(10-15)31-14-30-17/h2-8,10,20H,1,9,11-14H2,(H,24,28)/t20-/m0/s1. The summed E-state index contributed by atoms with van der Waals surface area (Å²) in [6.45, 7) is 5.26. The lowest BCUT2D eigenvalue weighted by atomic mass is 10.2. The van der Waals surface area contributed by atoms with Crippen molar-refractivity contribution in [1.82, 2.24) is 20.1 Å². The number of nitrogens with zero attached hydrogens (tertiary/aromatic N) is 3. The van der Waals surface area contributed by atoms with Gasteiger partial charge in [-0.1, -0.05) is 36.0 Å². The fourth-order valence-corrected chi connectivity index (χ4v) is 4.31. The van der Waals surface area contributed by atoms with Gasteiger partial charge in [-0.2, -0.15) is 0 Å². The van der Waals surface area contributed by atoms with Crippen LogP contribution in [0.5, 0.6) is 23.0 Å². The van der Waals surface area contributed by atoms with Crippen LogP contribution < -0.4 is 24.3 Å². The summed E-state index contributed by atoms with van der Waals surface area (Å²) in [7, 11) is 0. The minimum Gasteiger partial charge on any atom is -0.485 e. The van der Waals surface area contributed by atoms with E-state index in [1.165, 1.54) is 11.8 Å². The second kappa shape index (κ2) is 9.45. The quantitative estimate of drug-likeness (QED) is 0.400. The number of ether oxygens (including phenoxy) is 4. The molecule has 33 heavy (non-hydrogen) atoms. The number of hydrogen-bond acceptors (Lipinski definition) is 8. The smallest absolute Gasteiger partial charge is 0.231 e. The van der Waals surface area contributed by atoms with Crippen LogP contribution in [0.2, 0.25) is 0 Å². The van der Waals surface area contributed by atoms with Crippen molar-refractivity contribution in [2.45, 2.75) is 24.3 Å². The lowest BCUT2D eigenvalue weighted by Crippen LogP contribution is -2.25. The third-order valence-corrected chi connectivity index (χ3v) is 6.08. The van der Waals surface area contributed by atoms with Crippen molar-refractivity contribution in [1.29, 1.82) is 0 Å². The maximum absolute atomic E-state index is 12.4. The summed E-state index contributed by atoms with van der Waals surface area (Å²) in [6.07, 6.45) is 1.36. The summed E-state index contributed by atoms with van der Waals surface area (Å²) < 4.78 is 24.5. The van der Waals surface area contributed by atoms with E-state index in [1.807, 2.05) is 47.0 Å². The number of para-hydroxylation sites is 2. The van der Waals surface area contributed by atoms with E-state index in [0.29, 0.717) is 53.7 Å². The second-order valence-electron chi connectivity index (χ2n) is 7.36. The molecule has 0 saturated heterocycles. The van der Waals surface area contributed by atoms with Gasteiger partial charge in [-0.25, -0.2) is 0 Å². The number of nitrogens with one attached hydrogen (secondary N) is 1. The molecule has 3 aromatic rings. The number of carbonyl (C=O) groups excluding carboxylic acids is 1. The lowest BCUT2D eigenvalue weighted by Gasteiger charge is -2.26. The number of aromatic nitrogens is 3. The first kappa shape index (κ1) is 21.2. The summed E-state index contributed by atoms with van der Waals surface area (Å²) in [5.74, 6) is 3.50. The van der Waals surface area contributed by atoms with E-state index in [4.69, 9.17) is 18.9 Å². The van der Waals surface area contributed by atoms with Gasteiger partial charge in [0.05, 0.1) is 5.75 Å².